The average molecular weight is 263 g/mol. The van der Waals surface area contributed by atoms with Crippen molar-refractivity contribution in [2.75, 3.05) is 5.73 Å². The van der Waals surface area contributed by atoms with Crippen LogP contribution < -0.4 is 16.2 Å². The van der Waals surface area contributed by atoms with Crippen molar-refractivity contribution in [1.29, 1.82) is 0 Å². The molecule has 0 spiro atoms. The van der Waals surface area contributed by atoms with Gasteiger partial charge in [0.25, 0.3) is 5.19 Å². The lowest BCUT2D eigenvalue weighted by atomic mass is 10.1. The van der Waals surface area contributed by atoms with Crippen molar-refractivity contribution in [3.05, 3.63) is 35.0 Å². The Balaban J connectivity index is 2.37. The summed E-state index contributed by atoms with van der Waals surface area (Å²) in [6.45, 7) is 3.71. The molecule has 6 heteroatoms. The second-order valence-corrected chi connectivity index (χ2v) is 4.96. The molecule has 0 aliphatic heterocycles. The summed E-state index contributed by atoms with van der Waals surface area (Å²) in [6, 6.07) is 3.39. The molecule has 0 saturated heterocycles. The maximum Gasteiger partial charge on any atom is 0.280 e. The highest BCUT2D eigenvalue weighted by Gasteiger charge is 2.11. The predicted molar refractivity (Wildman–Crippen MR) is 71.0 cm³/mol. The molecule has 1 aromatic heterocycles. The largest absolute Gasteiger partial charge is 0.430 e. The standard InChI is InChI=1S/C12H13N3O2S/c1-6-3-8(11(14)16)4-7(2)10(6)17-12-15-5-9(13)18-12/h3-5H,13H2,1-2H3,(H2,14,16). The first-order valence-corrected chi connectivity index (χ1v) is 6.09. The number of hydrogen-bond donors (Lipinski definition) is 2. The highest BCUT2D eigenvalue weighted by atomic mass is 32.1. The number of ether oxygens (including phenoxy) is 1. The normalized spacial score (nSPS) is 10.3. The SMILES string of the molecule is Cc1cc(C(N)=O)cc(C)c1Oc1ncc(N)s1. The van der Waals surface area contributed by atoms with E-state index >= 15 is 0 Å². The number of hydrogen-bond acceptors (Lipinski definition) is 5. The Labute approximate surface area is 108 Å². The molecule has 2 aromatic rings. The lowest BCUT2D eigenvalue weighted by Gasteiger charge is -2.10. The Morgan fingerprint density at radius 2 is 1.94 bits per heavy atom. The van der Waals surface area contributed by atoms with Gasteiger partial charge in [0.1, 0.15) is 10.8 Å². The van der Waals surface area contributed by atoms with Gasteiger partial charge in [-0.1, -0.05) is 11.3 Å². The van der Waals surface area contributed by atoms with Crippen LogP contribution in [0.1, 0.15) is 21.5 Å². The van der Waals surface area contributed by atoms with Gasteiger partial charge in [-0.05, 0) is 37.1 Å². The number of amides is 1. The van der Waals surface area contributed by atoms with Gasteiger partial charge in [0.2, 0.25) is 5.91 Å². The number of nitrogens with two attached hydrogens (primary N) is 2. The molecule has 0 fully saturated rings. The highest BCUT2D eigenvalue weighted by molar-refractivity contribution is 7.17. The first-order chi connectivity index (χ1) is 8.47. The first kappa shape index (κ1) is 12.4. The zero-order chi connectivity index (χ0) is 13.3. The zero-order valence-corrected chi connectivity index (χ0v) is 10.9. The molecule has 1 aromatic carbocycles. The van der Waals surface area contributed by atoms with Gasteiger partial charge in [-0.3, -0.25) is 4.79 Å². The fourth-order valence-corrected chi connectivity index (χ4v) is 2.20. The number of aryl methyl sites for hydroxylation is 2. The summed E-state index contributed by atoms with van der Waals surface area (Å²) in [5.74, 6) is 0.223. The molecule has 1 heterocycles. The van der Waals surface area contributed by atoms with Crippen LogP contribution in [0.15, 0.2) is 18.3 Å². The Bertz CT molecular complexity index is 584. The summed E-state index contributed by atoms with van der Waals surface area (Å²) in [5, 5.41) is 1.07. The summed E-state index contributed by atoms with van der Waals surface area (Å²) in [6.07, 6.45) is 1.54. The summed E-state index contributed by atoms with van der Waals surface area (Å²) in [5.41, 5.74) is 13.0. The van der Waals surface area contributed by atoms with Crippen LogP contribution in [0.5, 0.6) is 10.9 Å². The number of carbonyl (C=O) groups excluding carboxylic acids is 1. The molecule has 1 amide bonds. The Morgan fingerprint density at radius 3 is 2.39 bits per heavy atom. The van der Waals surface area contributed by atoms with E-state index in [-0.39, 0.29) is 0 Å². The molecule has 0 saturated carbocycles. The van der Waals surface area contributed by atoms with E-state index in [1.54, 1.807) is 18.3 Å². The van der Waals surface area contributed by atoms with Gasteiger partial charge in [0.15, 0.2) is 0 Å². The molecule has 0 unspecified atom stereocenters. The molecule has 2 rings (SSSR count). The highest BCUT2D eigenvalue weighted by Crippen LogP contribution is 2.32. The minimum Gasteiger partial charge on any atom is -0.430 e. The van der Waals surface area contributed by atoms with E-state index < -0.39 is 5.91 Å². The fourth-order valence-electron chi connectivity index (χ4n) is 1.66. The summed E-state index contributed by atoms with van der Waals surface area (Å²) >= 11 is 1.26. The number of aromatic nitrogens is 1. The van der Waals surface area contributed by atoms with Crippen LogP contribution in [0, 0.1) is 13.8 Å². The van der Waals surface area contributed by atoms with E-state index in [2.05, 4.69) is 4.98 Å². The number of primary amides is 1. The zero-order valence-electron chi connectivity index (χ0n) is 10.1. The summed E-state index contributed by atoms with van der Waals surface area (Å²) < 4.78 is 5.67. The van der Waals surface area contributed by atoms with Crippen LogP contribution >= 0.6 is 11.3 Å². The van der Waals surface area contributed by atoms with E-state index in [0.29, 0.717) is 21.5 Å². The minimum absolute atomic E-state index is 0.453. The van der Waals surface area contributed by atoms with E-state index in [0.717, 1.165) is 11.1 Å². The molecule has 94 valence electrons. The lowest BCUT2D eigenvalue weighted by Crippen LogP contribution is -2.11. The maximum absolute atomic E-state index is 11.1. The van der Waals surface area contributed by atoms with Crippen LogP contribution in [0.2, 0.25) is 0 Å². The number of anilines is 1. The summed E-state index contributed by atoms with van der Waals surface area (Å²) in [4.78, 5) is 15.2. The van der Waals surface area contributed by atoms with Crippen molar-refractivity contribution < 1.29 is 9.53 Å². The van der Waals surface area contributed by atoms with Crippen molar-refractivity contribution in [2.24, 2.45) is 5.73 Å². The molecule has 0 bridgehead atoms. The predicted octanol–water partition coefficient (Wildman–Crippen LogP) is 2.23. The molecule has 5 nitrogen and oxygen atoms in total. The first-order valence-electron chi connectivity index (χ1n) is 5.27. The molecule has 0 atom stereocenters. The van der Waals surface area contributed by atoms with Gasteiger partial charge in [0, 0.05) is 5.56 Å². The van der Waals surface area contributed by atoms with Crippen LogP contribution in [-0.4, -0.2) is 10.9 Å². The van der Waals surface area contributed by atoms with Crippen LogP contribution in [-0.2, 0) is 0 Å². The fraction of sp³-hybridized carbons (Fsp3) is 0.167. The minimum atomic E-state index is -0.453. The number of nitrogens with zero attached hydrogens (tertiary/aromatic N) is 1. The van der Waals surface area contributed by atoms with Crippen LogP contribution in [0.3, 0.4) is 0 Å². The topological polar surface area (TPSA) is 91.2 Å². The van der Waals surface area contributed by atoms with Crippen molar-refractivity contribution in [3.8, 4) is 10.9 Å². The second kappa shape index (κ2) is 4.66. The van der Waals surface area contributed by atoms with Gasteiger partial charge < -0.3 is 16.2 Å². The van der Waals surface area contributed by atoms with E-state index in [1.165, 1.54) is 11.3 Å². The van der Waals surface area contributed by atoms with E-state index in [9.17, 15) is 4.79 Å². The Hall–Kier alpha value is -2.08. The van der Waals surface area contributed by atoms with Crippen molar-refractivity contribution in [2.45, 2.75) is 13.8 Å². The van der Waals surface area contributed by atoms with Crippen molar-refractivity contribution >= 4 is 22.2 Å². The van der Waals surface area contributed by atoms with Gasteiger partial charge in [-0.25, -0.2) is 4.98 Å². The molecule has 0 aliphatic carbocycles. The Morgan fingerprint density at radius 1 is 1.33 bits per heavy atom. The number of rotatable bonds is 3. The summed E-state index contributed by atoms with van der Waals surface area (Å²) in [7, 11) is 0. The van der Waals surface area contributed by atoms with Gasteiger partial charge in [0.05, 0.1) is 6.20 Å². The number of carbonyl (C=O) groups is 1. The molecule has 0 aliphatic rings. The number of nitrogen functional groups attached to an aromatic ring is 1. The lowest BCUT2D eigenvalue weighted by molar-refractivity contribution is 0.1000. The average Bonchev–Trinajstić information content (AvgIpc) is 2.69. The van der Waals surface area contributed by atoms with Crippen LogP contribution in [0.25, 0.3) is 0 Å². The van der Waals surface area contributed by atoms with Crippen LogP contribution in [0.4, 0.5) is 5.00 Å². The molecule has 0 radical (unpaired) electrons. The smallest absolute Gasteiger partial charge is 0.280 e. The molecular formula is C12H13N3O2S. The third-order valence-corrected chi connectivity index (χ3v) is 3.14. The maximum atomic E-state index is 11.1. The van der Waals surface area contributed by atoms with E-state index in [4.69, 9.17) is 16.2 Å². The third-order valence-electron chi connectivity index (χ3n) is 2.44. The molecule has 18 heavy (non-hydrogen) atoms. The van der Waals surface area contributed by atoms with Gasteiger partial charge in [-0.2, -0.15) is 0 Å². The quantitative estimate of drug-likeness (QED) is 0.888. The number of thiazole rings is 1. The Kier molecular flexibility index (Phi) is 3.20. The molecule has 4 N–H and O–H groups in total. The second-order valence-electron chi connectivity index (χ2n) is 3.93. The van der Waals surface area contributed by atoms with Crippen molar-refractivity contribution in [3.63, 3.8) is 0 Å². The third kappa shape index (κ3) is 2.43. The number of benzene rings is 1. The molecular weight excluding hydrogens is 250 g/mol. The van der Waals surface area contributed by atoms with Gasteiger partial charge in [-0.15, -0.1) is 0 Å². The van der Waals surface area contributed by atoms with Crippen molar-refractivity contribution in [1.82, 2.24) is 4.98 Å². The van der Waals surface area contributed by atoms with Gasteiger partial charge >= 0.3 is 0 Å². The monoisotopic (exact) mass is 263 g/mol. The van der Waals surface area contributed by atoms with E-state index in [1.807, 2.05) is 13.8 Å².